The van der Waals surface area contributed by atoms with E-state index in [2.05, 4.69) is 15.5 Å². The molecule has 3 atom stereocenters. The molecule has 1 saturated heterocycles. The van der Waals surface area contributed by atoms with Gasteiger partial charge in [0.25, 0.3) is 0 Å². The third kappa shape index (κ3) is 3.93. The van der Waals surface area contributed by atoms with Gasteiger partial charge in [0.05, 0.1) is 12.1 Å². The average molecular weight is 309 g/mol. The van der Waals surface area contributed by atoms with Crippen molar-refractivity contribution in [1.29, 1.82) is 0 Å². The molecule has 3 fully saturated rings. The molecular weight excluding hydrogens is 278 g/mol. The van der Waals surface area contributed by atoms with E-state index in [9.17, 15) is 4.79 Å². The van der Waals surface area contributed by atoms with Gasteiger partial charge in [0.1, 0.15) is 0 Å². The minimum absolute atomic E-state index is 0.00720. The number of urea groups is 1. The summed E-state index contributed by atoms with van der Waals surface area (Å²) in [5, 5.41) is 6.31. The Morgan fingerprint density at radius 3 is 2.50 bits per heavy atom. The van der Waals surface area contributed by atoms with Gasteiger partial charge in [-0.2, -0.15) is 0 Å². The highest BCUT2D eigenvalue weighted by Gasteiger charge is 2.31. The number of carbonyl (C=O) groups is 1. The Kier molecular flexibility index (Phi) is 5.58. The van der Waals surface area contributed by atoms with Crippen molar-refractivity contribution >= 4 is 6.03 Å². The summed E-state index contributed by atoms with van der Waals surface area (Å²) in [5.74, 6) is 0. The van der Waals surface area contributed by atoms with E-state index in [1.54, 1.807) is 7.11 Å². The van der Waals surface area contributed by atoms with Gasteiger partial charge in [0.2, 0.25) is 0 Å². The van der Waals surface area contributed by atoms with Crippen LogP contribution in [0.4, 0.5) is 4.79 Å². The zero-order valence-corrected chi connectivity index (χ0v) is 13.9. The first-order valence-corrected chi connectivity index (χ1v) is 9.10. The number of nitrogens with one attached hydrogen (secondary N) is 2. The molecule has 5 heteroatoms. The second kappa shape index (κ2) is 7.64. The van der Waals surface area contributed by atoms with Gasteiger partial charge in [0.15, 0.2) is 0 Å². The molecule has 0 bridgehead atoms. The minimum atomic E-state index is -0.00720. The van der Waals surface area contributed by atoms with Gasteiger partial charge in [-0.1, -0.05) is 25.7 Å². The van der Waals surface area contributed by atoms with Crippen LogP contribution in [0.1, 0.15) is 57.8 Å². The van der Waals surface area contributed by atoms with Gasteiger partial charge < -0.3 is 15.4 Å². The summed E-state index contributed by atoms with van der Waals surface area (Å²) >= 11 is 0. The number of hydrogen-bond acceptors (Lipinski definition) is 3. The summed E-state index contributed by atoms with van der Waals surface area (Å²) in [6.07, 6.45) is 11.2. The second-order valence-corrected chi connectivity index (χ2v) is 7.20. The first-order valence-electron chi connectivity index (χ1n) is 9.10. The molecule has 0 aromatic rings. The van der Waals surface area contributed by atoms with Crippen LogP contribution in [0.5, 0.6) is 0 Å². The lowest BCUT2D eigenvalue weighted by molar-refractivity contribution is 0.0450. The third-order valence-corrected chi connectivity index (χ3v) is 5.72. The molecule has 0 radical (unpaired) electrons. The quantitative estimate of drug-likeness (QED) is 0.837. The van der Waals surface area contributed by atoms with Crippen LogP contribution in [0.15, 0.2) is 0 Å². The van der Waals surface area contributed by atoms with Crippen molar-refractivity contribution in [3.63, 3.8) is 0 Å². The van der Waals surface area contributed by atoms with Crippen molar-refractivity contribution in [1.82, 2.24) is 15.5 Å². The van der Waals surface area contributed by atoms with Crippen LogP contribution < -0.4 is 10.6 Å². The zero-order valence-electron chi connectivity index (χ0n) is 13.9. The van der Waals surface area contributed by atoms with E-state index >= 15 is 0 Å². The van der Waals surface area contributed by atoms with Crippen LogP contribution >= 0.6 is 0 Å². The lowest BCUT2D eigenvalue weighted by atomic mass is 9.92. The molecule has 3 rings (SSSR count). The van der Waals surface area contributed by atoms with E-state index in [1.165, 1.54) is 38.5 Å². The molecule has 0 aromatic heterocycles. The Morgan fingerprint density at radius 1 is 1.00 bits per heavy atom. The number of rotatable bonds is 4. The predicted octanol–water partition coefficient (Wildman–Crippen LogP) is 2.26. The normalized spacial score (nSPS) is 34.0. The highest BCUT2D eigenvalue weighted by Crippen LogP contribution is 2.26. The Morgan fingerprint density at radius 2 is 1.73 bits per heavy atom. The predicted molar refractivity (Wildman–Crippen MR) is 87.0 cm³/mol. The molecule has 2 amide bonds. The van der Waals surface area contributed by atoms with E-state index < -0.39 is 0 Å². The standard InChI is InChI=1S/C17H31N3O2/c1-22-16-9-5-4-8-15(16)19-17(21)18-13-10-11-20(12-13)14-6-2-3-7-14/h13-16H,2-12H2,1H3,(H2,18,19,21)/t13-,15-,16-/m1/s1. The number of hydrogen-bond donors (Lipinski definition) is 2. The molecule has 3 aliphatic rings. The first-order chi connectivity index (χ1) is 10.8. The molecule has 1 aliphatic heterocycles. The number of nitrogens with zero attached hydrogens (tertiary/aromatic N) is 1. The van der Waals surface area contributed by atoms with E-state index in [4.69, 9.17) is 4.74 Å². The lowest BCUT2D eigenvalue weighted by Gasteiger charge is -2.31. The molecule has 5 nitrogen and oxygen atoms in total. The summed E-state index contributed by atoms with van der Waals surface area (Å²) in [6, 6.07) is 1.24. The Hall–Kier alpha value is -0.810. The molecule has 126 valence electrons. The molecule has 0 aromatic carbocycles. The van der Waals surface area contributed by atoms with Gasteiger partial charge in [-0.05, 0) is 32.1 Å². The number of ether oxygens (including phenoxy) is 1. The van der Waals surface area contributed by atoms with Gasteiger partial charge in [-0.15, -0.1) is 0 Å². The number of carbonyl (C=O) groups excluding carboxylic acids is 1. The molecule has 0 spiro atoms. The number of amides is 2. The second-order valence-electron chi connectivity index (χ2n) is 7.20. The van der Waals surface area contributed by atoms with Crippen molar-refractivity contribution in [3.8, 4) is 0 Å². The summed E-state index contributed by atoms with van der Waals surface area (Å²) in [4.78, 5) is 14.8. The molecule has 2 N–H and O–H groups in total. The van der Waals surface area contributed by atoms with E-state index in [1.807, 2.05) is 0 Å². The SMILES string of the molecule is CO[C@@H]1CCCC[C@H]1NC(=O)N[C@@H]1CCN(C2CCCC2)C1. The fraction of sp³-hybridized carbons (Fsp3) is 0.941. The molecule has 0 unspecified atom stereocenters. The topological polar surface area (TPSA) is 53.6 Å². The third-order valence-electron chi connectivity index (χ3n) is 5.72. The molecule has 2 saturated carbocycles. The number of likely N-dealkylation sites (tertiary alicyclic amines) is 1. The summed E-state index contributed by atoms with van der Waals surface area (Å²) < 4.78 is 5.51. The van der Waals surface area contributed by atoms with Crippen LogP contribution in [0, 0.1) is 0 Å². The lowest BCUT2D eigenvalue weighted by Crippen LogP contribution is -2.52. The maximum absolute atomic E-state index is 12.3. The fourth-order valence-corrected chi connectivity index (χ4v) is 4.45. The van der Waals surface area contributed by atoms with Crippen LogP contribution in [-0.2, 0) is 4.74 Å². The average Bonchev–Trinajstić information content (AvgIpc) is 3.18. The maximum Gasteiger partial charge on any atom is 0.315 e. The van der Waals surface area contributed by atoms with Gasteiger partial charge >= 0.3 is 6.03 Å². The highest BCUT2D eigenvalue weighted by molar-refractivity contribution is 5.74. The molecule has 2 aliphatic carbocycles. The first kappa shape index (κ1) is 16.1. The fourth-order valence-electron chi connectivity index (χ4n) is 4.45. The Balaban J connectivity index is 1.42. The van der Waals surface area contributed by atoms with Crippen molar-refractivity contribution in [2.45, 2.75) is 82.0 Å². The Labute approximate surface area is 134 Å². The zero-order chi connectivity index (χ0) is 15.4. The molecule has 22 heavy (non-hydrogen) atoms. The van der Waals surface area contributed by atoms with Gasteiger partial charge in [0, 0.05) is 32.3 Å². The monoisotopic (exact) mass is 309 g/mol. The summed E-state index contributed by atoms with van der Waals surface area (Å²) in [6.45, 7) is 2.16. The summed E-state index contributed by atoms with van der Waals surface area (Å²) in [5.41, 5.74) is 0. The van der Waals surface area contributed by atoms with Crippen LogP contribution in [0.3, 0.4) is 0 Å². The summed E-state index contributed by atoms with van der Waals surface area (Å²) in [7, 11) is 1.75. The molecule has 1 heterocycles. The van der Waals surface area contributed by atoms with Crippen LogP contribution in [0.25, 0.3) is 0 Å². The smallest absolute Gasteiger partial charge is 0.315 e. The van der Waals surface area contributed by atoms with E-state index in [-0.39, 0.29) is 18.2 Å². The number of methoxy groups -OCH3 is 1. The largest absolute Gasteiger partial charge is 0.379 e. The maximum atomic E-state index is 12.3. The van der Waals surface area contributed by atoms with E-state index in [0.717, 1.165) is 38.4 Å². The van der Waals surface area contributed by atoms with Gasteiger partial charge in [-0.3, -0.25) is 4.90 Å². The van der Waals surface area contributed by atoms with Crippen molar-refractivity contribution in [2.75, 3.05) is 20.2 Å². The van der Waals surface area contributed by atoms with Crippen LogP contribution in [-0.4, -0.2) is 55.4 Å². The molecular formula is C17H31N3O2. The van der Waals surface area contributed by atoms with Crippen molar-refractivity contribution in [2.24, 2.45) is 0 Å². The highest BCUT2D eigenvalue weighted by atomic mass is 16.5. The van der Waals surface area contributed by atoms with Crippen LogP contribution in [0.2, 0.25) is 0 Å². The van der Waals surface area contributed by atoms with Crippen molar-refractivity contribution in [3.05, 3.63) is 0 Å². The van der Waals surface area contributed by atoms with Crippen molar-refractivity contribution < 1.29 is 9.53 Å². The Bertz CT molecular complexity index is 371. The van der Waals surface area contributed by atoms with E-state index in [0.29, 0.717) is 6.04 Å². The van der Waals surface area contributed by atoms with Gasteiger partial charge in [-0.25, -0.2) is 4.79 Å². The minimum Gasteiger partial charge on any atom is -0.379 e.